The van der Waals surface area contributed by atoms with Gasteiger partial charge < -0.3 is 5.32 Å². The minimum absolute atomic E-state index is 0.152. The number of aliphatic imine (C=N–C) groups is 1. The van der Waals surface area contributed by atoms with Crippen LogP contribution in [-0.2, 0) is 17.4 Å². The van der Waals surface area contributed by atoms with Gasteiger partial charge in [-0.25, -0.2) is 0 Å². The molecule has 1 aromatic heterocycles. The van der Waals surface area contributed by atoms with E-state index in [2.05, 4.69) is 15.3 Å². The molecule has 0 unspecified atom stereocenters. The molecule has 0 fully saturated rings. The molecule has 2 aromatic rings. The lowest BCUT2D eigenvalue weighted by molar-refractivity contribution is -0.137. The highest BCUT2D eigenvalue weighted by molar-refractivity contribution is 6.44. The van der Waals surface area contributed by atoms with E-state index in [1.807, 2.05) is 12.1 Å². The van der Waals surface area contributed by atoms with Gasteiger partial charge in [0.2, 0.25) is 0 Å². The highest BCUT2D eigenvalue weighted by atomic mass is 19.4. The molecule has 0 saturated heterocycles. The first-order valence-electron chi connectivity index (χ1n) is 8.31. The van der Waals surface area contributed by atoms with E-state index in [1.165, 1.54) is 19.2 Å². The summed E-state index contributed by atoms with van der Waals surface area (Å²) in [5.74, 6) is -0.377. The number of aromatic nitrogens is 1. The third-order valence-electron chi connectivity index (χ3n) is 3.92. The molecule has 0 aliphatic carbocycles. The predicted octanol–water partition coefficient (Wildman–Crippen LogP) is 3.93. The number of benzene rings is 1. The Morgan fingerprint density at radius 3 is 2.56 bits per heavy atom. The third kappa shape index (κ3) is 6.06. The first kappa shape index (κ1) is 20.4. The number of rotatable bonds is 6. The van der Waals surface area contributed by atoms with Gasteiger partial charge in [0.05, 0.1) is 5.56 Å². The Balaban J connectivity index is 2.05. The number of allylic oxidation sites excluding steroid dienone is 1. The molecule has 2 rings (SSSR count). The van der Waals surface area contributed by atoms with Crippen molar-refractivity contribution in [1.29, 1.82) is 0 Å². The lowest BCUT2D eigenvalue weighted by atomic mass is 10.0. The summed E-state index contributed by atoms with van der Waals surface area (Å²) in [6.45, 7) is 2.06. The highest BCUT2D eigenvalue weighted by Crippen LogP contribution is 2.30. The van der Waals surface area contributed by atoms with Crippen molar-refractivity contribution in [3.63, 3.8) is 0 Å². The SMILES string of the molecule is CN=C(/C=C(\C)c1cccc(C(F)(F)F)c1)C(=O)NCCc1ccncc1. The molecule has 4 nitrogen and oxygen atoms in total. The van der Waals surface area contributed by atoms with Crippen LogP contribution in [0.2, 0.25) is 0 Å². The summed E-state index contributed by atoms with van der Waals surface area (Å²) >= 11 is 0. The van der Waals surface area contributed by atoms with E-state index >= 15 is 0 Å². The van der Waals surface area contributed by atoms with Gasteiger partial charge in [-0.1, -0.05) is 12.1 Å². The maximum Gasteiger partial charge on any atom is 0.416 e. The molecule has 142 valence electrons. The highest BCUT2D eigenvalue weighted by Gasteiger charge is 2.30. The van der Waals surface area contributed by atoms with Gasteiger partial charge in [0.1, 0.15) is 5.71 Å². The van der Waals surface area contributed by atoms with Crippen molar-refractivity contribution in [2.75, 3.05) is 13.6 Å². The summed E-state index contributed by atoms with van der Waals surface area (Å²) in [7, 11) is 1.47. The number of amides is 1. The van der Waals surface area contributed by atoms with Crippen LogP contribution in [0.3, 0.4) is 0 Å². The van der Waals surface area contributed by atoms with Crippen molar-refractivity contribution in [2.45, 2.75) is 19.5 Å². The summed E-state index contributed by atoms with van der Waals surface area (Å²) in [6.07, 6.45) is 1.07. The summed E-state index contributed by atoms with van der Waals surface area (Å²) in [4.78, 5) is 20.2. The summed E-state index contributed by atoms with van der Waals surface area (Å²) in [5.41, 5.74) is 1.36. The third-order valence-corrected chi connectivity index (χ3v) is 3.92. The maximum absolute atomic E-state index is 12.9. The standard InChI is InChI=1S/C20H20F3N3O/c1-14(16-4-3-5-17(13-16)20(21,22)23)12-18(24-2)19(27)26-11-8-15-6-9-25-10-7-15/h3-7,9-10,12-13H,8,11H2,1-2H3,(H,26,27)/b14-12+,24-18?. The zero-order valence-electron chi connectivity index (χ0n) is 15.0. The first-order valence-corrected chi connectivity index (χ1v) is 8.31. The second kappa shape index (κ2) is 9.12. The van der Waals surface area contributed by atoms with Crippen LogP contribution < -0.4 is 5.32 Å². The minimum Gasteiger partial charge on any atom is -0.350 e. The number of pyridine rings is 1. The Bertz CT molecular complexity index is 843. The Kier molecular flexibility index (Phi) is 6.87. The molecule has 0 atom stereocenters. The van der Waals surface area contributed by atoms with Gasteiger partial charge in [0, 0.05) is 26.0 Å². The smallest absolute Gasteiger partial charge is 0.350 e. The Morgan fingerprint density at radius 2 is 1.93 bits per heavy atom. The molecule has 0 aliphatic heterocycles. The van der Waals surface area contributed by atoms with E-state index in [-0.39, 0.29) is 11.6 Å². The summed E-state index contributed by atoms with van der Waals surface area (Å²) < 4.78 is 38.6. The zero-order valence-corrected chi connectivity index (χ0v) is 15.0. The molecular formula is C20H20F3N3O. The van der Waals surface area contributed by atoms with E-state index in [9.17, 15) is 18.0 Å². The first-order chi connectivity index (χ1) is 12.8. The quantitative estimate of drug-likeness (QED) is 0.778. The molecule has 0 radical (unpaired) electrons. The molecule has 0 aliphatic rings. The minimum atomic E-state index is -4.41. The molecule has 1 heterocycles. The van der Waals surface area contributed by atoms with Crippen LogP contribution >= 0.6 is 0 Å². The maximum atomic E-state index is 12.9. The number of hydrogen-bond acceptors (Lipinski definition) is 3. The van der Waals surface area contributed by atoms with E-state index in [0.717, 1.165) is 17.7 Å². The lowest BCUT2D eigenvalue weighted by Crippen LogP contribution is -2.31. The van der Waals surface area contributed by atoms with Crippen LogP contribution in [0, 0.1) is 0 Å². The molecule has 1 N–H and O–H groups in total. The number of nitrogens with zero attached hydrogens (tertiary/aromatic N) is 2. The van der Waals surface area contributed by atoms with Gasteiger partial charge in [-0.05, 0) is 60.4 Å². The zero-order chi connectivity index (χ0) is 19.9. The average Bonchev–Trinajstić information content (AvgIpc) is 2.66. The van der Waals surface area contributed by atoms with Gasteiger partial charge in [-0.3, -0.25) is 14.8 Å². The summed E-state index contributed by atoms with van der Waals surface area (Å²) in [6, 6.07) is 8.69. The van der Waals surface area contributed by atoms with Gasteiger partial charge in [-0.15, -0.1) is 0 Å². The number of nitrogens with one attached hydrogen (secondary N) is 1. The fourth-order valence-electron chi connectivity index (χ4n) is 2.42. The lowest BCUT2D eigenvalue weighted by Gasteiger charge is -2.10. The Hall–Kier alpha value is -2.96. The van der Waals surface area contributed by atoms with Crippen molar-refractivity contribution in [3.05, 3.63) is 71.6 Å². The van der Waals surface area contributed by atoms with Gasteiger partial charge in [0.25, 0.3) is 5.91 Å². The van der Waals surface area contributed by atoms with E-state index in [0.29, 0.717) is 24.1 Å². The molecule has 1 amide bonds. The molecule has 7 heteroatoms. The molecular weight excluding hydrogens is 355 g/mol. The predicted molar refractivity (Wildman–Crippen MR) is 99.4 cm³/mol. The number of carbonyl (C=O) groups is 1. The van der Waals surface area contributed by atoms with E-state index < -0.39 is 11.7 Å². The van der Waals surface area contributed by atoms with E-state index in [4.69, 9.17) is 0 Å². The normalized spacial score (nSPS) is 12.8. The van der Waals surface area contributed by atoms with Crippen molar-refractivity contribution in [1.82, 2.24) is 10.3 Å². The van der Waals surface area contributed by atoms with Crippen molar-refractivity contribution in [3.8, 4) is 0 Å². The fraction of sp³-hybridized carbons (Fsp3) is 0.250. The Labute approximate surface area is 155 Å². The van der Waals surface area contributed by atoms with Crippen LogP contribution in [0.1, 0.15) is 23.6 Å². The van der Waals surface area contributed by atoms with Crippen LogP contribution in [0.25, 0.3) is 5.57 Å². The monoisotopic (exact) mass is 375 g/mol. The number of hydrogen-bond donors (Lipinski definition) is 1. The summed E-state index contributed by atoms with van der Waals surface area (Å²) in [5, 5.41) is 2.76. The molecule has 0 spiro atoms. The number of carbonyl (C=O) groups excluding carboxylic acids is 1. The molecule has 1 aromatic carbocycles. The van der Waals surface area contributed by atoms with Gasteiger partial charge >= 0.3 is 6.18 Å². The van der Waals surface area contributed by atoms with Crippen molar-refractivity contribution >= 4 is 17.2 Å². The van der Waals surface area contributed by atoms with Crippen LogP contribution in [0.5, 0.6) is 0 Å². The van der Waals surface area contributed by atoms with Crippen molar-refractivity contribution < 1.29 is 18.0 Å². The second-order valence-corrected chi connectivity index (χ2v) is 5.88. The van der Waals surface area contributed by atoms with Crippen LogP contribution in [0.15, 0.2) is 59.9 Å². The molecule has 0 saturated carbocycles. The van der Waals surface area contributed by atoms with E-state index in [1.54, 1.807) is 25.4 Å². The average molecular weight is 375 g/mol. The topological polar surface area (TPSA) is 54.4 Å². The van der Waals surface area contributed by atoms with Gasteiger partial charge in [-0.2, -0.15) is 13.2 Å². The second-order valence-electron chi connectivity index (χ2n) is 5.88. The van der Waals surface area contributed by atoms with Crippen molar-refractivity contribution in [2.24, 2.45) is 4.99 Å². The molecule has 27 heavy (non-hydrogen) atoms. The Morgan fingerprint density at radius 1 is 1.22 bits per heavy atom. The van der Waals surface area contributed by atoms with Crippen LogP contribution in [-0.4, -0.2) is 30.2 Å². The van der Waals surface area contributed by atoms with Gasteiger partial charge in [0.15, 0.2) is 0 Å². The number of alkyl halides is 3. The van der Waals surface area contributed by atoms with Crippen LogP contribution in [0.4, 0.5) is 13.2 Å². The fourth-order valence-corrected chi connectivity index (χ4v) is 2.42. The largest absolute Gasteiger partial charge is 0.416 e. The molecule has 0 bridgehead atoms. The number of halogens is 3.